The van der Waals surface area contributed by atoms with Crippen LogP contribution in [-0.2, 0) is 26.2 Å². The molecule has 35 heavy (non-hydrogen) atoms. The number of carbonyl (C=O) groups is 3. The second-order valence-electron chi connectivity index (χ2n) is 9.05. The lowest BCUT2D eigenvalue weighted by Gasteiger charge is -2.32. The summed E-state index contributed by atoms with van der Waals surface area (Å²) in [4.78, 5) is 40.8. The maximum atomic E-state index is 13.5. The number of benzene rings is 2. The molecule has 2 aromatic rings. The summed E-state index contributed by atoms with van der Waals surface area (Å²) in [6.07, 6.45) is 4.24. The smallest absolute Gasteiger partial charge is 0.269 e. The third-order valence-corrected chi connectivity index (χ3v) is 8.56. The molecule has 9 heteroatoms. The van der Waals surface area contributed by atoms with Gasteiger partial charge in [-0.3, -0.25) is 14.4 Å². The number of nitrogens with one attached hydrogen (secondary N) is 1. The van der Waals surface area contributed by atoms with Gasteiger partial charge in [0.25, 0.3) is 15.9 Å². The standard InChI is InChI=1S/C26H31N3O5S/c1-2-22(25(31)27-20-12-6-7-13-20)28(18-19-10-4-3-5-11-19)24(30)16-17-29-26(32)21-14-8-9-15-23(21)35(29,33)34/h3-5,8-11,14-15,20,22H,2,6-7,12-13,16-18H2,1H3,(H,27,31)/t22-/m1/s1. The van der Waals surface area contributed by atoms with E-state index in [1.807, 2.05) is 37.3 Å². The molecule has 0 aromatic heterocycles. The topological polar surface area (TPSA) is 104 Å². The van der Waals surface area contributed by atoms with Crippen LogP contribution in [-0.4, -0.2) is 54.0 Å². The summed E-state index contributed by atoms with van der Waals surface area (Å²) in [6.45, 7) is 1.80. The third kappa shape index (κ3) is 5.24. The normalized spacial score (nSPS) is 17.7. The Hall–Kier alpha value is -3.20. The van der Waals surface area contributed by atoms with Crippen LogP contribution in [0.3, 0.4) is 0 Å². The summed E-state index contributed by atoms with van der Waals surface area (Å²) in [6, 6.07) is 14.8. The Labute approximate surface area is 206 Å². The van der Waals surface area contributed by atoms with E-state index in [0.29, 0.717) is 6.42 Å². The van der Waals surface area contributed by atoms with E-state index >= 15 is 0 Å². The molecule has 0 spiro atoms. The molecule has 0 saturated heterocycles. The van der Waals surface area contributed by atoms with E-state index in [0.717, 1.165) is 35.6 Å². The van der Waals surface area contributed by atoms with Crippen LogP contribution in [0.5, 0.6) is 0 Å². The number of hydrogen-bond donors (Lipinski definition) is 1. The van der Waals surface area contributed by atoms with Gasteiger partial charge in [-0.2, -0.15) is 0 Å². The fourth-order valence-electron chi connectivity index (χ4n) is 4.86. The van der Waals surface area contributed by atoms with E-state index in [-0.39, 0.29) is 47.8 Å². The van der Waals surface area contributed by atoms with E-state index < -0.39 is 22.0 Å². The van der Waals surface area contributed by atoms with Crippen LogP contribution in [0.2, 0.25) is 0 Å². The second kappa shape index (κ2) is 10.6. The lowest BCUT2D eigenvalue weighted by atomic mass is 10.1. The molecule has 4 rings (SSSR count). The Bertz CT molecular complexity index is 1190. The largest absolute Gasteiger partial charge is 0.352 e. The van der Waals surface area contributed by atoms with Crippen LogP contribution in [0.15, 0.2) is 59.5 Å². The number of fused-ring (bicyclic) bond motifs is 1. The third-order valence-electron chi connectivity index (χ3n) is 6.72. The van der Waals surface area contributed by atoms with Gasteiger partial charge in [0.2, 0.25) is 11.8 Å². The molecule has 186 valence electrons. The monoisotopic (exact) mass is 497 g/mol. The van der Waals surface area contributed by atoms with E-state index in [9.17, 15) is 22.8 Å². The zero-order valence-electron chi connectivity index (χ0n) is 19.9. The van der Waals surface area contributed by atoms with Crippen LogP contribution >= 0.6 is 0 Å². The summed E-state index contributed by atoms with van der Waals surface area (Å²) in [7, 11) is -4.00. The fourth-order valence-corrected chi connectivity index (χ4v) is 6.43. The van der Waals surface area contributed by atoms with Crippen LogP contribution in [0.4, 0.5) is 0 Å². The first-order valence-corrected chi connectivity index (χ1v) is 13.6. The van der Waals surface area contributed by atoms with Gasteiger partial charge in [-0.15, -0.1) is 0 Å². The molecule has 2 aliphatic rings. The van der Waals surface area contributed by atoms with Gasteiger partial charge >= 0.3 is 0 Å². The summed E-state index contributed by atoms with van der Waals surface area (Å²) >= 11 is 0. The van der Waals surface area contributed by atoms with Crippen molar-refractivity contribution >= 4 is 27.7 Å². The number of carbonyl (C=O) groups excluding carboxylic acids is 3. The molecule has 2 aromatic carbocycles. The Morgan fingerprint density at radius 1 is 1.06 bits per heavy atom. The van der Waals surface area contributed by atoms with Gasteiger partial charge in [-0.1, -0.05) is 62.2 Å². The minimum atomic E-state index is -4.00. The quantitative estimate of drug-likeness (QED) is 0.573. The van der Waals surface area contributed by atoms with Gasteiger partial charge in [-0.05, 0) is 37.0 Å². The highest BCUT2D eigenvalue weighted by Gasteiger charge is 2.41. The molecule has 1 fully saturated rings. The number of sulfonamides is 1. The summed E-state index contributed by atoms with van der Waals surface area (Å²) in [5.41, 5.74) is 0.980. The van der Waals surface area contributed by atoms with Crippen molar-refractivity contribution in [3.63, 3.8) is 0 Å². The highest BCUT2D eigenvalue weighted by atomic mass is 32.2. The highest BCUT2D eigenvalue weighted by molar-refractivity contribution is 7.90. The molecule has 8 nitrogen and oxygen atoms in total. The van der Waals surface area contributed by atoms with Gasteiger partial charge in [0.05, 0.1) is 5.56 Å². The molecule has 0 bridgehead atoms. The summed E-state index contributed by atoms with van der Waals surface area (Å²) in [5, 5.41) is 3.09. The Morgan fingerprint density at radius 2 is 1.71 bits per heavy atom. The number of hydrogen-bond acceptors (Lipinski definition) is 5. The van der Waals surface area contributed by atoms with E-state index in [1.165, 1.54) is 17.0 Å². The minimum Gasteiger partial charge on any atom is -0.352 e. The highest BCUT2D eigenvalue weighted by Crippen LogP contribution is 2.30. The molecule has 1 aliphatic carbocycles. The first kappa shape index (κ1) is 24.9. The van der Waals surface area contributed by atoms with Crippen molar-refractivity contribution in [2.24, 2.45) is 0 Å². The molecule has 0 unspecified atom stereocenters. The Kier molecular flexibility index (Phi) is 7.54. The van der Waals surface area contributed by atoms with Crippen molar-refractivity contribution in [1.82, 2.24) is 14.5 Å². The maximum absolute atomic E-state index is 13.5. The average molecular weight is 498 g/mol. The molecular formula is C26H31N3O5S. The van der Waals surface area contributed by atoms with Gasteiger partial charge in [0, 0.05) is 25.6 Å². The number of rotatable bonds is 9. The lowest BCUT2D eigenvalue weighted by Crippen LogP contribution is -2.51. The molecule has 1 heterocycles. The van der Waals surface area contributed by atoms with Crippen LogP contribution in [0.25, 0.3) is 0 Å². The van der Waals surface area contributed by atoms with Crippen LogP contribution in [0.1, 0.15) is 61.4 Å². The minimum absolute atomic E-state index is 0.0408. The van der Waals surface area contributed by atoms with Gasteiger partial charge in [-0.25, -0.2) is 12.7 Å². The average Bonchev–Trinajstić information content (AvgIpc) is 3.43. The molecule has 0 radical (unpaired) electrons. The van der Waals surface area contributed by atoms with Gasteiger partial charge in [0.1, 0.15) is 10.9 Å². The Morgan fingerprint density at radius 3 is 2.37 bits per heavy atom. The zero-order valence-corrected chi connectivity index (χ0v) is 20.7. The molecule has 1 saturated carbocycles. The van der Waals surface area contributed by atoms with Gasteiger partial charge in [0.15, 0.2) is 0 Å². The predicted molar refractivity (Wildman–Crippen MR) is 131 cm³/mol. The number of nitrogens with zero attached hydrogens (tertiary/aromatic N) is 2. The first-order valence-electron chi connectivity index (χ1n) is 12.1. The van der Waals surface area contributed by atoms with Crippen molar-refractivity contribution in [2.45, 2.75) is 69.0 Å². The molecule has 1 N–H and O–H groups in total. The van der Waals surface area contributed by atoms with E-state index in [1.54, 1.807) is 12.1 Å². The molecule has 1 aliphatic heterocycles. The molecule has 3 amide bonds. The Balaban J connectivity index is 1.52. The molecule has 1 atom stereocenters. The van der Waals surface area contributed by atoms with Crippen LogP contribution < -0.4 is 5.32 Å². The van der Waals surface area contributed by atoms with Crippen molar-refractivity contribution in [1.29, 1.82) is 0 Å². The van der Waals surface area contributed by atoms with E-state index in [4.69, 9.17) is 0 Å². The lowest BCUT2D eigenvalue weighted by molar-refractivity contribution is -0.141. The first-order chi connectivity index (χ1) is 16.8. The summed E-state index contributed by atoms with van der Waals surface area (Å²) in [5.74, 6) is -1.20. The predicted octanol–water partition coefficient (Wildman–Crippen LogP) is 3.09. The molecular weight excluding hydrogens is 466 g/mol. The maximum Gasteiger partial charge on any atom is 0.269 e. The second-order valence-corrected chi connectivity index (χ2v) is 10.9. The fraction of sp³-hybridized carbons (Fsp3) is 0.423. The van der Waals surface area contributed by atoms with Crippen molar-refractivity contribution in [2.75, 3.05) is 6.54 Å². The van der Waals surface area contributed by atoms with Crippen molar-refractivity contribution < 1.29 is 22.8 Å². The van der Waals surface area contributed by atoms with Crippen molar-refractivity contribution in [3.8, 4) is 0 Å². The number of amides is 3. The van der Waals surface area contributed by atoms with Gasteiger partial charge < -0.3 is 10.2 Å². The van der Waals surface area contributed by atoms with Crippen LogP contribution in [0, 0.1) is 0 Å². The zero-order chi connectivity index (χ0) is 25.0. The van der Waals surface area contributed by atoms with E-state index in [2.05, 4.69) is 5.32 Å². The summed E-state index contributed by atoms with van der Waals surface area (Å²) < 4.78 is 26.5. The SMILES string of the molecule is CC[C@H](C(=O)NC1CCCC1)N(Cc1ccccc1)C(=O)CCN1C(=O)c2ccccc2S1(=O)=O. The van der Waals surface area contributed by atoms with Crippen molar-refractivity contribution in [3.05, 3.63) is 65.7 Å².